The molecular formula is C17H28N4O. The highest BCUT2D eigenvalue weighted by molar-refractivity contribution is 5.11. The number of likely N-dealkylation sites (tertiary alicyclic amines) is 1. The van der Waals surface area contributed by atoms with Crippen molar-refractivity contribution in [3.63, 3.8) is 0 Å². The van der Waals surface area contributed by atoms with Gasteiger partial charge in [-0.2, -0.15) is 5.10 Å². The van der Waals surface area contributed by atoms with Crippen LogP contribution in [0.25, 0.3) is 0 Å². The van der Waals surface area contributed by atoms with Gasteiger partial charge >= 0.3 is 0 Å². The van der Waals surface area contributed by atoms with E-state index in [0.29, 0.717) is 17.4 Å². The molecule has 1 unspecified atom stereocenters. The average Bonchev–Trinajstić information content (AvgIpc) is 3.20. The third kappa shape index (κ3) is 3.07. The molecule has 0 bridgehead atoms. The van der Waals surface area contributed by atoms with E-state index >= 15 is 0 Å². The first-order valence-electron chi connectivity index (χ1n) is 8.86. The number of rotatable bonds is 3. The lowest BCUT2D eigenvalue weighted by Gasteiger charge is -2.34. The summed E-state index contributed by atoms with van der Waals surface area (Å²) in [4.78, 5) is 2.61. The predicted octanol–water partition coefficient (Wildman–Crippen LogP) is 1.75. The summed E-state index contributed by atoms with van der Waals surface area (Å²) in [6.07, 6.45) is 10.9. The molecule has 3 fully saturated rings. The Bertz CT molecular complexity index is 461. The molecule has 0 radical (unpaired) electrons. The Kier molecular flexibility index (Phi) is 4.20. The highest BCUT2D eigenvalue weighted by Gasteiger charge is 2.41. The van der Waals surface area contributed by atoms with E-state index in [1.807, 2.05) is 6.20 Å². The number of nitrogens with one attached hydrogen (secondary N) is 2. The van der Waals surface area contributed by atoms with Crippen LogP contribution in [0.4, 0.5) is 0 Å². The Morgan fingerprint density at radius 2 is 2.09 bits per heavy atom. The SMILES string of the molecule is c1n[nH]cc1C1CCN(CC2CC3(CCNCC3)CO2)CC1. The van der Waals surface area contributed by atoms with Gasteiger partial charge in [0.15, 0.2) is 0 Å². The zero-order valence-corrected chi connectivity index (χ0v) is 13.4. The molecule has 1 aromatic heterocycles. The van der Waals surface area contributed by atoms with Gasteiger partial charge in [-0.15, -0.1) is 0 Å². The van der Waals surface area contributed by atoms with Crippen molar-refractivity contribution in [2.24, 2.45) is 5.41 Å². The number of nitrogens with zero attached hydrogens (tertiary/aromatic N) is 2. The third-order valence-electron chi connectivity index (χ3n) is 5.99. The van der Waals surface area contributed by atoms with Crippen molar-refractivity contribution in [2.45, 2.75) is 44.1 Å². The molecule has 3 aliphatic heterocycles. The maximum atomic E-state index is 6.16. The monoisotopic (exact) mass is 304 g/mol. The lowest BCUT2D eigenvalue weighted by Crippen LogP contribution is -2.39. The van der Waals surface area contributed by atoms with E-state index in [1.165, 1.54) is 63.8 Å². The van der Waals surface area contributed by atoms with Crippen LogP contribution in [0.3, 0.4) is 0 Å². The number of aromatic nitrogens is 2. The van der Waals surface area contributed by atoms with Crippen molar-refractivity contribution in [3.8, 4) is 0 Å². The van der Waals surface area contributed by atoms with E-state index in [4.69, 9.17) is 4.74 Å². The summed E-state index contributed by atoms with van der Waals surface area (Å²) < 4.78 is 6.16. The highest BCUT2D eigenvalue weighted by Crippen LogP contribution is 2.40. The molecule has 2 N–H and O–H groups in total. The second kappa shape index (κ2) is 6.30. The van der Waals surface area contributed by atoms with Crippen LogP contribution in [0, 0.1) is 5.41 Å². The van der Waals surface area contributed by atoms with Gasteiger partial charge in [-0.3, -0.25) is 5.10 Å². The van der Waals surface area contributed by atoms with E-state index in [2.05, 4.69) is 26.6 Å². The molecule has 0 saturated carbocycles. The maximum Gasteiger partial charge on any atom is 0.0708 e. The quantitative estimate of drug-likeness (QED) is 0.893. The minimum Gasteiger partial charge on any atom is -0.376 e. The molecule has 0 aliphatic carbocycles. The maximum absolute atomic E-state index is 6.16. The van der Waals surface area contributed by atoms with Crippen molar-refractivity contribution in [1.82, 2.24) is 20.4 Å². The lowest BCUT2D eigenvalue weighted by atomic mass is 9.77. The number of aromatic amines is 1. The number of H-pyrrole nitrogens is 1. The first-order valence-corrected chi connectivity index (χ1v) is 8.86. The summed E-state index contributed by atoms with van der Waals surface area (Å²) in [5.41, 5.74) is 1.87. The van der Waals surface area contributed by atoms with E-state index < -0.39 is 0 Å². The van der Waals surface area contributed by atoms with Gasteiger partial charge in [0.2, 0.25) is 0 Å². The number of piperidine rings is 2. The van der Waals surface area contributed by atoms with E-state index in [1.54, 1.807) is 0 Å². The fraction of sp³-hybridized carbons (Fsp3) is 0.824. The van der Waals surface area contributed by atoms with Crippen LogP contribution in [-0.2, 0) is 4.74 Å². The first-order chi connectivity index (χ1) is 10.8. The van der Waals surface area contributed by atoms with Crippen LogP contribution in [0.1, 0.15) is 43.6 Å². The fourth-order valence-corrected chi connectivity index (χ4v) is 4.54. The van der Waals surface area contributed by atoms with Crippen LogP contribution in [0.15, 0.2) is 12.4 Å². The standard InChI is InChI=1S/C17H28N4O/c1-7-21(8-2-14(1)15-10-19-20-11-15)12-16-9-17(13-22-16)3-5-18-6-4-17/h10-11,14,16,18H,1-9,12-13H2,(H,19,20). The van der Waals surface area contributed by atoms with Crippen molar-refractivity contribution in [1.29, 1.82) is 0 Å². The summed E-state index contributed by atoms with van der Waals surface area (Å²) >= 11 is 0. The normalized spacial score (nSPS) is 30.1. The summed E-state index contributed by atoms with van der Waals surface area (Å²) in [5, 5.41) is 10.5. The topological polar surface area (TPSA) is 53.2 Å². The zero-order chi connectivity index (χ0) is 14.8. The molecule has 4 rings (SSSR count). The van der Waals surface area contributed by atoms with Crippen molar-refractivity contribution in [3.05, 3.63) is 18.0 Å². The molecule has 0 aromatic carbocycles. The molecule has 1 spiro atoms. The van der Waals surface area contributed by atoms with Crippen molar-refractivity contribution in [2.75, 3.05) is 39.3 Å². The number of ether oxygens (including phenoxy) is 1. The molecule has 0 amide bonds. The predicted molar refractivity (Wildman–Crippen MR) is 85.9 cm³/mol. The van der Waals surface area contributed by atoms with E-state index in [-0.39, 0.29) is 0 Å². The van der Waals surface area contributed by atoms with Gasteiger partial charge in [-0.1, -0.05) is 0 Å². The molecular weight excluding hydrogens is 276 g/mol. The molecule has 4 heterocycles. The van der Waals surface area contributed by atoms with Crippen LogP contribution >= 0.6 is 0 Å². The lowest BCUT2D eigenvalue weighted by molar-refractivity contribution is 0.0549. The molecule has 3 saturated heterocycles. The molecule has 122 valence electrons. The Balaban J connectivity index is 1.25. The fourth-order valence-electron chi connectivity index (χ4n) is 4.54. The largest absolute Gasteiger partial charge is 0.376 e. The second-order valence-electron chi connectivity index (χ2n) is 7.49. The van der Waals surface area contributed by atoms with Gasteiger partial charge in [0.25, 0.3) is 0 Å². The number of hydrogen-bond donors (Lipinski definition) is 2. The minimum atomic E-state index is 0.462. The molecule has 5 nitrogen and oxygen atoms in total. The molecule has 22 heavy (non-hydrogen) atoms. The van der Waals surface area contributed by atoms with Crippen molar-refractivity contribution < 1.29 is 4.74 Å². The van der Waals surface area contributed by atoms with Gasteiger partial charge < -0.3 is 15.0 Å². The van der Waals surface area contributed by atoms with Gasteiger partial charge in [-0.25, -0.2) is 0 Å². The summed E-state index contributed by atoms with van der Waals surface area (Å²) in [7, 11) is 0. The van der Waals surface area contributed by atoms with Gasteiger partial charge in [0, 0.05) is 12.7 Å². The van der Waals surface area contributed by atoms with Crippen LogP contribution in [0.2, 0.25) is 0 Å². The molecule has 1 aromatic rings. The van der Waals surface area contributed by atoms with Gasteiger partial charge in [-0.05, 0) is 75.2 Å². The van der Waals surface area contributed by atoms with Crippen LogP contribution in [0.5, 0.6) is 0 Å². The summed E-state index contributed by atoms with van der Waals surface area (Å²) in [5.74, 6) is 0.690. The Morgan fingerprint density at radius 3 is 2.82 bits per heavy atom. The average molecular weight is 304 g/mol. The van der Waals surface area contributed by atoms with E-state index in [0.717, 1.165) is 13.2 Å². The second-order valence-corrected chi connectivity index (χ2v) is 7.49. The van der Waals surface area contributed by atoms with Gasteiger partial charge in [0.05, 0.1) is 18.9 Å². The van der Waals surface area contributed by atoms with Crippen molar-refractivity contribution >= 4 is 0 Å². The Morgan fingerprint density at radius 1 is 1.27 bits per heavy atom. The first kappa shape index (κ1) is 14.7. The number of hydrogen-bond acceptors (Lipinski definition) is 4. The summed E-state index contributed by atoms with van der Waals surface area (Å²) in [6.45, 7) is 6.87. The highest BCUT2D eigenvalue weighted by atomic mass is 16.5. The Hall–Kier alpha value is -0.910. The van der Waals surface area contributed by atoms with E-state index in [9.17, 15) is 0 Å². The zero-order valence-electron chi connectivity index (χ0n) is 13.4. The summed E-state index contributed by atoms with van der Waals surface area (Å²) in [6, 6.07) is 0. The molecule has 1 atom stereocenters. The Labute approximate surface area is 132 Å². The third-order valence-corrected chi connectivity index (χ3v) is 5.99. The smallest absolute Gasteiger partial charge is 0.0708 e. The van der Waals surface area contributed by atoms with Gasteiger partial charge in [0.1, 0.15) is 0 Å². The molecule has 5 heteroatoms. The molecule has 3 aliphatic rings. The van der Waals surface area contributed by atoms with Crippen LogP contribution < -0.4 is 5.32 Å². The minimum absolute atomic E-state index is 0.462. The van der Waals surface area contributed by atoms with Crippen LogP contribution in [-0.4, -0.2) is 60.5 Å².